The zero-order valence-electron chi connectivity index (χ0n) is 15.6. The largest absolute Gasteiger partial charge is 0.467 e. The smallest absolute Gasteiger partial charge is 0.328 e. The summed E-state index contributed by atoms with van der Waals surface area (Å²) in [6.07, 6.45) is 1.17. The maximum Gasteiger partial charge on any atom is 0.328 e. The van der Waals surface area contributed by atoms with Crippen molar-refractivity contribution in [2.24, 2.45) is 0 Å². The fourth-order valence-corrected chi connectivity index (χ4v) is 3.05. The van der Waals surface area contributed by atoms with Gasteiger partial charge in [-0.3, -0.25) is 4.79 Å². The number of nitrogens with one attached hydrogen (secondary N) is 1. The average Bonchev–Trinajstić information content (AvgIpc) is 2.73. The summed E-state index contributed by atoms with van der Waals surface area (Å²) in [6.45, 7) is 1.84. The second-order valence-corrected chi connectivity index (χ2v) is 6.46. The van der Waals surface area contributed by atoms with Crippen LogP contribution in [0.15, 0.2) is 60.7 Å². The van der Waals surface area contributed by atoms with Crippen molar-refractivity contribution < 1.29 is 14.3 Å². The van der Waals surface area contributed by atoms with Gasteiger partial charge in [-0.05, 0) is 30.9 Å². The predicted octanol–water partition coefficient (Wildman–Crippen LogP) is 3.34. The molecule has 0 aromatic heterocycles. The van der Waals surface area contributed by atoms with Gasteiger partial charge in [0.25, 0.3) is 0 Å². The Morgan fingerprint density at radius 1 is 1.07 bits per heavy atom. The van der Waals surface area contributed by atoms with E-state index in [0.717, 1.165) is 11.1 Å². The normalized spacial score (nSPS) is 11.9. The number of carbonyl (C=O) groups excluding carboxylic acids is 2. The Labute approximate surface area is 160 Å². The molecule has 1 atom stereocenters. The van der Waals surface area contributed by atoms with Crippen LogP contribution in [-0.4, -0.2) is 25.0 Å². The molecular weight excluding hydrogens is 340 g/mol. The second-order valence-electron chi connectivity index (χ2n) is 6.46. The lowest BCUT2D eigenvalue weighted by molar-refractivity contribution is -0.145. The highest BCUT2D eigenvalue weighted by atomic mass is 16.5. The molecule has 2 rings (SSSR count). The first-order chi connectivity index (χ1) is 13.0. The Hall–Kier alpha value is -3.13. The number of benzene rings is 2. The SMILES string of the molecule is COC(=O)[C@@H](CCCC#N)NC(=O)C(C)(c1ccccc1)c1ccccc1. The molecule has 0 spiro atoms. The van der Waals surface area contributed by atoms with Gasteiger partial charge >= 0.3 is 5.97 Å². The molecule has 0 saturated carbocycles. The molecule has 1 N–H and O–H groups in total. The number of methoxy groups -OCH3 is 1. The minimum absolute atomic E-state index is 0.285. The maximum absolute atomic E-state index is 13.3. The van der Waals surface area contributed by atoms with Gasteiger partial charge in [-0.1, -0.05) is 60.7 Å². The van der Waals surface area contributed by atoms with Gasteiger partial charge in [0, 0.05) is 6.42 Å². The number of ether oxygens (including phenoxy) is 1. The topological polar surface area (TPSA) is 79.2 Å². The number of nitrogens with zero attached hydrogens (tertiary/aromatic N) is 1. The third kappa shape index (κ3) is 4.73. The third-order valence-corrected chi connectivity index (χ3v) is 4.73. The van der Waals surface area contributed by atoms with E-state index >= 15 is 0 Å². The summed E-state index contributed by atoms with van der Waals surface area (Å²) in [7, 11) is 1.29. The lowest BCUT2D eigenvalue weighted by Gasteiger charge is -2.31. The van der Waals surface area contributed by atoms with Crippen LogP contribution < -0.4 is 5.32 Å². The van der Waals surface area contributed by atoms with Crippen LogP contribution in [0, 0.1) is 11.3 Å². The van der Waals surface area contributed by atoms with Gasteiger partial charge in [-0.2, -0.15) is 5.26 Å². The molecule has 5 heteroatoms. The van der Waals surface area contributed by atoms with E-state index in [4.69, 9.17) is 10.00 Å². The van der Waals surface area contributed by atoms with E-state index in [-0.39, 0.29) is 5.91 Å². The summed E-state index contributed by atoms with van der Waals surface area (Å²) in [4.78, 5) is 25.5. The summed E-state index contributed by atoms with van der Waals surface area (Å²) < 4.78 is 4.83. The highest BCUT2D eigenvalue weighted by Crippen LogP contribution is 2.32. The van der Waals surface area contributed by atoms with Gasteiger partial charge in [0.2, 0.25) is 5.91 Å². The van der Waals surface area contributed by atoms with Crippen LogP contribution >= 0.6 is 0 Å². The summed E-state index contributed by atoms with van der Waals surface area (Å²) in [6, 6.07) is 20.2. The molecule has 2 aromatic carbocycles. The molecule has 27 heavy (non-hydrogen) atoms. The van der Waals surface area contributed by atoms with Crippen molar-refractivity contribution in [1.29, 1.82) is 5.26 Å². The highest BCUT2D eigenvalue weighted by Gasteiger charge is 2.39. The van der Waals surface area contributed by atoms with Crippen molar-refractivity contribution in [2.45, 2.75) is 37.6 Å². The molecule has 5 nitrogen and oxygen atoms in total. The first kappa shape index (κ1) is 20.2. The number of unbranched alkanes of at least 4 members (excludes halogenated alkanes) is 1. The second kappa shape index (κ2) is 9.54. The number of hydrogen-bond donors (Lipinski definition) is 1. The number of carbonyl (C=O) groups is 2. The van der Waals surface area contributed by atoms with Gasteiger partial charge in [-0.15, -0.1) is 0 Å². The standard InChI is InChI=1S/C22H24N2O3/c1-22(17-11-5-3-6-12-17,18-13-7-4-8-14-18)21(26)24-19(20(25)27-2)15-9-10-16-23/h3-8,11-14,19H,9-10,15H2,1-2H3,(H,24,26)/t19-/m1/s1. The molecule has 0 unspecified atom stereocenters. The fraction of sp³-hybridized carbons (Fsp3) is 0.318. The van der Waals surface area contributed by atoms with E-state index in [1.54, 1.807) is 0 Å². The van der Waals surface area contributed by atoms with Gasteiger partial charge in [0.1, 0.15) is 6.04 Å². The van der Waals surface area contributed by atoms with E-state index in [1.807, 2.05) is 67.6 Å². The molecule has 0 bridgehead atoms. The van der Waals surface area contributed by atoms with Crippen LogP contribution in [0.4, 0.5) is 0 Å². The first-order valence-electron chi connectivity index (χ1n) is 8.90. The maximum atomic E-state index is 13.3. The van der Waals surface area contributed by atoms with Crippen LogP contribution in [0.1, 0.15) is 37.3 Å². The Kier molecular flexibility index (Phi) is 7.13. The molecule has 140 valence electrons. The molecule has 0 aliphatic carbocycles. The molecule has 0 saturated heterocycles. The fourth-order valence-electron chi connectivity index (χ4n) is 3.05. The van der Waals surface area contributed by atoms with Crippen molar-refractivity contribution in [1.82, 2.24) is 5.32 Å². The third-order valence-electron chi connectivity index (χ3n) is 4.73. The molecule has 0 fully saturated rings. The van der Waals surface area contributed by atoms with E-state index in [1.165, 1.54) is 7.11 Å². The lowest BCUT2D eigenvalue weighted by atomic mass is 9.75. The van der Waals surface area contributed by atoms with Crippen molar-refractivity contribution in [2.75, 3.05) is 7.11 Å². The predicted molar refractivity (Wildman–Crippen MR) is 103 cm³/mol. The van der Waals surface area contributed by atoms with Gasteiger partial charge in [-0.25, -0.2) is 4.79 Å². The molecule has 1 amide bonds. The summed E-state index contributed by atoms with van der Waals surface area (Å²) in [5.74, 6) is -0.794. The number of amides is 1. The van der Waals surface area contributed by atoms with Crippen molar-refractivity contribution >= 4 is 11.9 Å². The minimum Gasteiger partial charge on any atom is -0.467 e. The summed E-state index contributed by atoms with van der Waals surface area (Å²) in [5.41, 5.74) is 0.688. The molecule has 0 aliphatic rings. The van der Waals surface area contributed by atoms with Gasteiger partial charge < -0.3 is 10.1 Å². The number of esters is 1. The average molecular weight is 364 g/mol. The summed E-state index contributed by atoms with van der Waals surface area (Å²) in [5, 5.41) is 11.6. The van der Waals surface area contributed by atoms with Crippen molar-refractivity contribution in [3.63, 3.8) is 0 Å². The van der Waals surface area contributed by atoms with Crippen LogP contribution in [0.2, 0.25) is 0 Å². The zero-order valence-corrected chi connectivity index (χ0v) is 15.6. The van der Waals surface area contributed by atoms with E-state index < -0.39 is 17.4 Å². The molecule has 0 aliphatic heterocycles. The number of rotatable bonds is 8. The first-order valence-corrected chi connectivity index (χ1v) is 8.90. The van der Waals surface area contributed by atoms with E-state index in [2.05, 4.69) is 11.4 Å². The van der Waals surface area contributed by atoms with Crippen LogP contribution in [0.5, 0.6) is 0 Å². The van der Waals surface area contributed by atoms with Crippen LogP contribution in [-0.2, 0) is 19.7 Å². The van der Waals surface area contributed by atoms with Crippen molar-refractivity contribution in [3.8, 4) is 6.07 Å². The molecule has 2 aromatic rings. The molecule has 0 heterocycles. The van der Waals surface area contributed by atoms with Gasteiger partial charge in [0.15, 0.2) is 0 Å². The van der Waals surface area contributed by atoms with Gasteiger partial charge in [0.05, 0.1) is 18.6 Å². The Morgan fingerprint density at radius 3 is 2.04 bits per heavy atom. The summed E-state index contributed by atoms with van der Waals surface area (Å²) >= 11 is 0. The number of hydrogen-bond acceptors (Lipinski definition) is 4. The molecule has 0 radical (unpaired) electrons. The Bertz CT molecular complexity index is 758. The van der Waals surface area contributed by atoms with Crippen LogP contribution in [0.25, 0.3) is 0 Å². The van der Waals surface area contributed by atoms with E-state index in [9.17, 15) is 9.59 Å². The highest BCUT2D eigenvalue weighted by molar-refractivity contribution is 5.94. The minimum atomic E-state index is -0.968. The zero-order chi connectivity index (χ0) is 19.7. The quantitative estimate of drug-likeness (QED) is 0.575. The Morgan fingerprint density at radius 2 is 1.59 bits per heavy atom. The van der Waals surface area contributed by atoms with E-state index in [0.29, 0.717) is 19.3 Å². The van der Waals surface area contributed by atoms with Crippen molar-refractivity contribution in [3.05, 3.63) is 71.8 Å². The monoisotopic (exact) mass is 364 g/mol. The Balaban J connectivity index is 2.36. The lowest BCUT2D eigenvalue weighted by Crippen LogP contribution is -2.50. The molecular formula is C22H24N2O3. The number of nitriles is 1. The van der Waals surface area contributed by atoms with Crippen LogP contribution in [0.3, 0.4) is 0 Å².